The molecule has 2 fully saturated rings. The summed E-state index contributed by atoms with van der Waals surface area (Å²) >= 11 is 0. The number of likely N-dealkylation sites (tertiary alicyclic amines) is 1. The first kappa shape index (κ1) is 16.4. The van der Waals surface area contributed by atoms with E-state index in [2.05, 4.69) is 11.8 Å². The lowest BCUT2D eigenvalue weighted by atomic mass is 9.85. The molecule has 3 atom stereocenters. The molecule has 5 nitrogen and oxygen atoms in total. The summed E-state index contributed by atoms with van der Waals surface area (Å²) < 4.78 is 5.47. The summed E-state index contributed by atoms with van der Waals surface area (Å²) in [6.45, 7) is 2.65. The molecule has 2 aliphatic heterocycles. The van der Waals surface area contributed by atoms with Crippen LogP contribution in [0.5, 0.6) is 5.75 Å². The van der Waals surface area contributed by atoms with Crippen molar-refractivity contribution in [2.45, 2.75) is 57.5 Å². The molecule has 1 aromatic rings. The van der Waals surface area contributed by atoms with E-state index in [0.717, 1.165) is 24.3 Å². The first-order chi connectivity index (χ1) is 12.1. The molecular formula is C20H26N2O3. The van der Waals surface area contributed by atoms with Crippen LogP contribution >= 0.6 is 0 Å². The predicted octanol–water partition coefficient (Wildman–Crippen LogP) is 2.98. The van der Waals surface area contributed by atoms with E-state index in [4.69, 9.17) is 4.74 Å². The summed E-state index contributed by atoms with van der Waals surface area (Å²) in [5.74, 6) is 1.52. The van der Waals surface area contributed by atoms with Gasteiger partial charge in [-0.25, -0.2) is 0 Å². The number of carbonyl (C=O) groups excluding carboxylic acids is 2. The summed E-state index contributed by atoms with van der Waals surface area (Å²) in [6.07, 6.45) is 6.44. The van der Waals surface area contributed by atoms with E-state index in [1.165, 1.54) is 19.3 Å². The number of benzene rings is 1. The van der Waals surface area contributed by atoms with Gasteiger partial charge in [0.1, 0.15) is 5.75 Å². The summed E-state index contributed by atoms with van der Waals surface area (Å²) in [7, 11) is 0. The van der Waals surface area contributed by atoms with E-state index in [1.54, 1.807) is 4.90 Å². The molecule has 3 unspecified atom stereocenters. The third kappa shape index (κ3) is 3.00. The Morgan fingerprint density at radius 2 is 2.04 bits per heavy atom. The molecule has 2 heterocycles. The van der Waals surface area contributed by atoms with E-state index >= 15 is 0 Å². The molecule has 0 spiro atoms. The van der Waals surface area contributed by atoms with E-state index < -0.39 is 0 Å². The minimum Gasteiger partial charge on any atom is -0.482 e. The molecule has 4 rings (SSSR count). The van der Waals surface area contributed by atoms with E-state index in [-0.39, 0.29) is 18.4 Å². The fourth-order valence-corrected chi connectivity index (χ4v) is 4.87. The highest BCUT2D eigenvalue weighted by Gasteiger charge is 2.42. The number of para-hydroxylation sites is 2. The Bertz CT molecular complexity index is 675. The second-order valence-corrected chi connectivity index (χ2v) is 7.55. The number of carbonyl (C=O) groups is 2. The molecule has 2 amide bonds. The van der Waals surface area contributed by atoms with Gasteiger partial charge in [0, 0.05) is 25.0 Å². The number of nitrogens with zero attached hydrogens (tertiary/aromatic N) is 2. The van der Waals surface area contributed by atoms with Crippen molar-refractivity contribution in [3.63, 3.8) is 0 Å². The second kappa shape index (κ2) is 6.70. The van der Waals surface area contributed by atoms with Gasteiger partial charge < -0.3 is 14.5 Å². The highest BCUT2D eigenvalue weighted by Crippen LogP contribution is 2.40. The average Bonchev–Trinajstić information content (AvgIpc) is 2.96. The molecule has 1 saturated carbocycles. The van der Waals surface area contributed by atoms with Gasteiger partial charge in [-0.15, -0.1) is 0 Å². The van der Waals surface area contributed by atoms with Gasteiger partial charge in [0.15, 0.2) is 6.61 Å². The lowest BCUT2D eigenvalue weighted by molar-refractivity contribution is -0.134. The third-order valence-electron chi connectivity index (χ3n) is 5.99. The number of amides is 2. The monoisotopic (exact) mass is 342 g/mol. The normalized spacial score (nSPS) is 28.4. The van der Waals surface area contributed by atoms with Crippen molar-refractivity contribution in [2.75, 3.05) is 18.1 Å². The van der Waals surface area contributed by atoms with E-state index in [1.807, 2.05) is 24.3 Å². The minimum absolute atomic E-state index is 0.0516. The lowest BCUT2D eigenvalue weighted by Gasteiger charge is -2.34. The number of anilines is 1. The van der Waals surface area contributed by atoms with E-state index in [0.29, 0.717) is 31.0 Å². The zero-order chi connectivity index (χ0) is 17.4. The molecule has 1 aliphatic carbocycles. The Balaban J connectivity index is 1.44. The zero-order valence-corrected chi connectivity index (χ0v) is 14.8. The maximum atomic E-state index is 12.9. The maximum absolute atomic E-state index is 12.9. The molecule has 1 saturated heterocycles. The largest absolute Gasteiger partial charge is 0.482 e. The van der Waals surface area contributed by atoms with Crippen LogP contribution in [0.25, 0.3) is 0 Å². The van der Waals surface area contributed by atoms with Crippen LogP contribution in [0.4, 0.5) is 5.69 Å². The molecule has 0 N–H and O–H groups in total. The minimum atomic E-state index is -0.0727. The molecule has 0 radical (unpaired) electrons. The molecule has 0 aromatic heterocycles. The predicted molar refractivity (Wildman–Crippen MR) is 95.6 cm³/mol. The topological polar surface area (TPSA) is 49.9 Å². The molecule has 134 valence electrons. The fraction of sp³-hybridized carbons (Fsp3) is 0.600. The Hall–Kier alpha value is -2.04. The van der Waals surface area contributed by atoms with Gasteiger partial charge in [0.05, 0.1) is 5.69 Å². The molecule has 5 heteroatoms. The summed E-state index contributed by atoms with van der Waals surface area (Å²) in [5, 5.41) is 0. The first-order valence-corrected chi connectivity index (χ1v) is 9.48. The van der Waals surface area contributed by atoms with Crippen LogP contribution in [0.1, 0.15) is 45.4 Å². The van der Waals surface area contributed by atoms with Crippen LogP contribution in [-0.4, -0.2) is 41.9 Å². The summed E-state index contributed by atoms with van der Waals surface area (Å²) in [6, 6.07) is 8.29. The zero-order valence-electron chi connectivity index (χ0n) is 14.8. The second-order valence-electron chi connectivity index (χ2n) is 7.55. The SMILES string of the molecule is CC1CC2CCCCC2N1C(=O)CCN1C(=O)COc2ccccc21. The highest BCUT2D eigenvalue weighted by atomic mass is 16.5. The fourth-order valence-electron chi connectivity index (χ4n) is 4.87. The first-order valence-electron chi connectivity index (χ1n) is 9.48. The van der Waals surface area contributed by atoms with E-state index in [9.17, 15) is 9.59 Å². The number of hydrogen-bond acceptors (Lipinski definition) is 3. The third-order valence-corrected chi connectivity index (χ3v) is 5.99. The van der Waals surface area contributed by atoms with Crippen LogP contribution < -0.4 is 9.64 Å². The van der Waals surface area contributed by atoms with Crippen LogP contribution in [0.3, 0.4) is 0 Å². The van der Waals surface area contributed by atoms with Crippen LogP contribution in [0, 0.1) is 5.92 Å². The molecule has 0 bridgehead atoms. The Kier molecular flexibility index (Phi) is 4.40. The van der Waals surface area contributed by atoms with Crippen molar-refractivity contribution in [3.8, 4) is 5.75 Å². The molecule has 3 aliphatic rings. The Labute approximate surface area is 148 Å². The van der Waals surface area contributed by atoms with Crippen molar-refractivity contribution in [2.24, 2.45) is 5.92 Å². The van der Waals surface area contributed by atoms with Crippen LogP contribution in [0.15, 0.2) is 24.3 Å². The van der Waals surface area contributed by atoms with Gasteiger partial charge in [-0.1, -0.05) is 25.0 Å². The molecular weight excluding hydrogens is 316 g/mol. The van der Waals surface area contributed by atoms with Crippen molar-refractivity contribution in [1.29, 1.82) is 0 Å². The highest BCUT2D eigenvalue weighted by molar-refractivity contribution is 5.98. The van der Waals surface area contributed by atoms with Crippen molar-refractivity contribution >= 4 is 17.5 Å². The van der Waals surface area contributed by atoms with Crippen molar-refractivity contribution in [3.05, 3.63) is 24.3 Å². The van der Waals surface area contributed by atoms with Gasteiger partial charge in [-0.3, -0.25) is 9.59 Å². The van der Waals surface area contributed by atoms with Gasteiger partial charge in [0.2, 0.25) is 5.91 Å². The molecule has 1 aromatic carbocycles. The maximum Gasteiger partial charge on any atom is 0.265 e. The quantitative estimate of drug-likeness (QED) is 0.848. The van der Waals surface area contributed by atoms with Crippen LogP contribution in [0.2, 0.25) is 0 Å². The Morgan fingerprint density at radius 3 is 2.92 bits per heavy atom. The van der Waals surface area contributed by atoms with Gasteiger partial charge in [0.25, 0.3) is 5.91 Å². The average molecular weight is 342 g/mol. The number of ether oxygens (including phenoxy) is 1. The number of hydrogen-bond donors (Lipinski definition) is 0. The van der Waals surface area contributed by atoms with Crippen LogP contribution in [-0.2, 0) is 9.59 Å². The van der Waals surface area contributed by atoms with Gasteiger partial charge >= 0.3 is 0 Å². The van der Waals surface area contributed by atoms with Gasteiger partial charge in [-0.05, 0) is 44.2 Å². The number of fused-ring (bicyclic) bond motifs is 2. The molecule has 25 heavy (non-hydrogen) atoms. The lowest BCUT2D eigenvalue weighted by Crippen LogP contribution is -2.45. The summed E-state index contributed by atoms with van der Waals surface area (Å²) in [5.41, 5.74) is 0.775. The number of rotatable bonds is 3. The smallest absolute Gasteiger partial charge is 0.265 e. The van der Waals surface area contributed by atoms with Gasteiger partial charge in [-0.2, -0.15) is 0 Å². The summed E-state index contributed by atoms with van der Waals surface area (Å²) in [4.78, 5) is 29.0. The Morgan fingerprint density at radius 1 is 1.24 bits per heavy atom. The standard InChI is InChI=1S/C20H26N2O3/c1-14-12-15-6-2-3-7-16(15)22(14)19(23)10-11-21-17-8-4-5-9-18(17)25-13-20(21)24/h4-5,8-9,14-16H,2-3,6-7,10-13H2,1H3. The van der Waals surface area contributed by atoms with Crippen molar-refractivity contribution in [1.82, 2.24) is 4.90 Å². The van der Waals surface area contributed by atoms with Crippen molar-refractivity contribution < 1.29 is 14.3 Å².